The fourth-order valence-electron chi connectivity index (χ4n) is 1.26. The number of hydrogen-bond donors (Lipinski definition) is 1. The van der Waals surface area contributed by atoms with Crippen molar-refractivity contribution >= 4 is 0 Å². The zero-order valence-corrected chi connectivity index (χ0v) is 7.61. The van der Waals surface area contributed by atoms with Gasteiger partial charge in [-0.1, -0.05) is 6.07 Å². The van der Waals surface area contributed by atoms with Crippen LogP contribution in [0.3, 0.4) is 0 Å². The van der Waals surface area contributed by atoms with E-state index in [-0.39, 0.29) is 0 Å². The molecule has 0 aliphatic rings. The lowest BCUT2D eigenvalue weighted by Crippen LogP contribution is -2.34. The maximum atomic E-state index is 12.9. The van der Waals surface area contributed by atoms with E-state index in [0.717, 1.165) is 4.57 Å². The van der Waals surface area contributed by atoms with Crippen LogP contribution in [0.4, 0.5) is 4.39 Å². The Labute approximate surface area is 83.6 Å². The summed E-state index contributed by atoms with van der Waals surface area (Å²) in [5, 5.41) is 0. The summed E-state index contributed by atoms with van der Waals surface area (Å²) in [7, 11) is 0. The first-order valence-corrected chi connectivity index (χ1v) is 4.25. The first kappa shape index (κ1) is 9.39. The summed E-state index contributed by atoms with van der Waals surface area (Å²) in [5.74, 6) is -0.459. The Bertz CT molecular complexity index is 601. The molecular weight excluding hydrogens is 199 g/mol. The number of halogens is 1. The fourth-order valence-corrected chi connectivity index (χ4v) is 1.26. The van der Waals surface area contributed by atoms with E-state index >= 15 is 0 Å². The van der Waals surface area contributed by atoms with Crippen LogP contribution in [0.5, 0.6) is 0 Å². The van der Waals surface area contributed by atoms with Gasteiger partial charge in [0.15, 0.2) is 0 Å². The topological polar surface area (TPSA) is 54.9 Å². The Kier molecular flexibility index (Phi) is 2.21. The third-order valence-corrected chi connectivity index (χ3v) is 1.94. The molecule has 0 atom stereocenters. The van der Waals surface area contributed by atoms with Crippen molar-refractivity contribution in [2.75, 3.05) is 0 Å². The summed E-state index contributed by atoms with van der Waals surface area (Å²) in [6, 6.07) is 5.46. The SMILES string of the molecule is O=c1[nH]ccn(-c2cccc(F)c2)c1=O. The number of nitrogens with one attached hydrogen (secondary N) is 1. The van der Waals surface area contributed by atoms with Crippen LogP contribution in [0.1, 0.15) is 0 Å². The zero-order valence-electron chi connectivity index (χ0n) is 7.61. The molecule has 0 amide bonds. The van der Waals surface area contributed by atoms with E-state index in [2.05, 4.69) is 4.98 Å². The number of aromatic amines is 1. The predicted octanol–water partition coefficient (Wildman–Crippen LogP) is 0.665. The third kappa shape index (κ3) is 1.71. The minimum Gasteiger partial charge on any atom is -0.323 e. The van der Waals surface area contributed by atoms with Gasteiger partial charge >= 0.3 is 11.1 Å². The van der Waals surface area contributed by atoms with Crippen molar-refractivity contribution in [3.63, 3.8) is 0 Å². The Morgan fingerprint density at radius 2 is 2.07 bits per heavy atom. The van der Waals surface area contributed by atoms with Gasteiger partial charge in [-0.25, -0.2) is 4.39 Å². The Balaban J connectivity index is 2.70. The van der Waals surface area contributed by atoms with Gasteiger partial charge in [-0.05, 0) is 18.2 Å². The lowest BCUT2D eigenvalue weighted by molar-refractivity contribution is 0.626. The summed E-state index contributed by atoms with van der Waals surface area (Å²) in [5.41, 5.74) is -1.14. The summed E-state index contributed by atoms with van der Waals surface area (Å²) in [6.45, 7) is 0. The monoisotopic (exact) mass is 206 g/mol. The molecule has 4 nitrogen and oxygen atoms in total. The molecule has 1 heterocycles. The van der Waals surface area contributed by atoms with Gasteiger partial charge in [-0.15, -0.1) is 0 Å². The van der Waals surface area contributed by atoms with Crippen molar-refractivity contribution in [3.8, 4) is 5.69 Å². The molecule has 1 N–H and O–H groups in total. The predicted molar refractivity (Wildman–Crippen MR) is 52.6 cm³/mol. The molecule has 2 rings (SSSR count). The molecule has 2 aromatic rings. The number of H-pyrrole nitrogens is 1. The van der Waals surface area contributed by atoms with Gasteiger partial charge in [-0.2, -0.15) is 0 Å². The molecule has 1 aromatic heterocycles. The van der Waals surface area contributed by atoms with Crippen molar-refractivity contribution in [2.45, 2.75) is 0 Å². The van der Waals surface area contributed by atoms with E-state index in [1.807, 2.05) is 0 Å². The number of hydrogen-bond acceptors (Lipinski definition) is 2. The number of benzene rings is 1. The van der Waals surface area contributed by atoms with E-state index in [1.54, 1.807) is 6.07 Å². The van der Waals surface area contributed by atoms with Crippen LogP contribution < -0.4 is 11.1 Å². The largest absolute Gasteiger partial charge is 0.323 e. The normalized spacial score (nSPS) is 10.2. The van der Waals surface area contributed by atoms with Crippen molar-refractivity contribution in [2.24, 2.45) is 0 Å². The third-order valence-electron chi connectivity index (χ3n) is 1.94. The summed E-state index contributed by atoms with van der Waals surface area (Å²) < 4.78 is 14.0. The molecule has 0 aliphatic carbocycles. The number of nitrogens with zero attached hydrogens (tertiary/aromatic N) is 1. The Morgan fingerprint density at radius 3 is 2.80 bits per heavy atom. The molecular formula is C10H7FN2O2. The number of rotatable bonds is 1. The molecule has 0 saturated carbocycles. The minimum atomic E-state index is -0.734. The average Bonchev–Trinajstić information content (AvgIpc) is 2.22. The number of aromatic nitrogens is 2. The first-order chi connectivity index (χ1) is 7.18. The van der Waals surface area contributed by atoms with Gasteiger partial charge < -0.3 is 4.98 Å². The lowest BCUT2D eigenvalue weighted by Gasteiger charge is -2.03. The van der Waals surface area contributed by atoms with E-state index < -0.39 is 16.9 Å². The molecule has 0 unspecified atom stereocenters. The summed E-state index contributed by atoms with van der Waals surface area (Å²) in [6.07, 6.45) is 2.70. The molecule has 0 radical (unpaired) electrons. The van der Waals surface area contributed by atoms with Crippen LogP contribution in [-0.4, -0.2) is 9.55 Å². The highest BCUT2D eigenvalue weighted by Gasteiger charge is 2.02. The average molecular weight is 206 g/mol. The highest BCUT2D eigenvalue weighted by atomic mass is 19.1. The van der Waals surface area contributed by atoms with Gasteiger partial charge in [0.2, 0.25) is 0 Å². The zero-order chi connectivity index (χ0) is 10.8. The Morgan fingerprint density at radius 1 is 1.27 bits per heavy atom. The van der Waals surface area contributed by atoms with Gasteiger partial charge in [0, 0.05) is 12.4 Å². The standard InChI is InChI=1S/C10H7FN2O2/c11-7-2-1-3-8(6-7)13-5-4-12-9(14)10(13)15/h1-6H,(H,12,14). The minimum absolute atomic E-state index is 0.325. The fraction of sp³-hybridized carbons (Fsp3) is 0. The molecule has 0 saturated heterocycles. The molecule has 15 heavy (non-hydrogen) atoms. The van der Waals surface area contributed by atoms with Crippen LogP contribution in [0.15, 0.2) is 46.2 Å². The van der Waals surface area contributed by atoms with Gasteiger partial charge in [-0.3, -0.25) is 14.2 Å². The first-order valence-electron chi connectivity index (χ1n) is 4.25. The van der Waals surface area contributed by atoms with Crippen molar-refractivity contribution in [3.05, 3.63) is 63.2 Å². The molecule has 0 fully saturated rings. The molecule has 76 valence electrons. The lowest BCUT2D eigenvalue weighted by atomic mass is 10.3. The van der Waals surface area contributed by atoms with Gasteiger partial charge in [0.25, 0.3) is 0 Å². The van der Waals surface area contributed by atoms with E-state index in [1.165, 1.54) is 30.6 Å². The van der Waals surface area contributed by atoms with Crippen LogP contribution in [0.2, 0.25) is 0 Å². The Hall–Kier alpha value is -2.17. The maximum absolute atomic E-state index is 12.9. The smallest absolute Gasteiger partial charge is 0.320 e. The van der Waals surface area contributed by atoms with E-state index in [0.29, 0.717) is 5.69 Å². The summed E-state index contributed by atoms with van der Waals surface area (Å²) in [4.78, 5) is 24.6. The van der Waals surface area contributed by atoms with Gasteiger partial charge in [0.05, 0.1) is 5.69 Å². The highest BCUT2D eigenvalue weighted by molar-refractivity contribution is 5.31. The van der Waals surface area contributed by atoms with Crippen LogP contribution in [0.25, 0.3) is 5.69 Å². The second kappa shape index (κ2) is 3.53. The van der Waals surface area contributed by atoms with Crippen molar-refractivity contribution in [1.82, 2.24) is 9.55 Å². The second-order valence-corrected chi connectivity index (χ2v) is 2.94. The van der Waals surface area contributed by atoms with Crippen molar-refractivity contribution in [1.29, 1.82) is 0 Å². The molecule has 0 spiro atoms. The van der Waals surface area contributed by atoms with E-state index in [9.17, 15) is 14.0 Å². The van der Waals surface area contributed by atoms with Crippen LogP contribution in [0, 0.1) is 5.82 Å². The van der Waals surface area contributed by atoms with Crippen molar-refractivity contribution < 1.29 is 4.39 Å². The quantitative estimate of drug-likeness (QED) is 0.697. The van der Waals surface area contributed by atoms with Crippen LogP contribution in [-0.2, 0) is 0 Å². The maximum Gasteiger partial charge on any atom is 0.320 e. The molecule has 5 heteroatoms. The molecule has 0 bridgehead atoms. The molecule has 1 aromatic carbocycles. The second-order valence-electron chi connectivity index (χ2n) is 2.94. The van der Waals surface area contributed by atoms with Crippen LogP contribution >= 0.6 is 0 Å². The summed E-state index contributed by atoms with van der Waals surface area (Å²) >= 11 is 0. The molecule has 0 aliphatic heterocycles. The van der Waals surface area contributed by atoms with E-state index in [4.69, 9.17) is 0 Å². The van der Waals surface area contributed by atoms with Gasteiger partial charge in [0.1, 0.15) is 5.82 Å². The highest BCUT2D eigenvalue weighted by Crippen LogP contribution is 2.05.